The van der Waals surface area contributed by atoms with E-state index < -0.39 is 5.97 Å². The largest absolute Gasteiger partial charge is 0.495 e. The summed E-state index contributed by atoms with van der Waals surface area (Å²) in [6.07, 6.45) is 0. The first-order chi connectivity index (χ1) is 13.0. The summed E-state index contributed by atoms with van der Waals surface area (Å²) >= 11 is 1.08. The Balaban J connectivity index is 1.84. The summed E-state index contributed by atoms with van der Waals surface area (Å²) in [4.78, 5) is 11.5. The van der Waals surface area contributed by atoms with Crippen LogP contribution in [0.1, 0.15) is 10.4 Å². The zero-order chi connectivity index (χ0) is 19.4. The molecule has 0 fully saturated rings. The van der Waals surface area contributed by atoms with Gasteiger partial charge in [-0.2, -0.15) is 0 Å². The van der Waals surface area contributed by atoms with Gasteiger partial charge in [0.05, 0.1) is 23.3 Å². The van der Waals surface area contributed by atoms with E-state index in [4.69, 9.17) is 17.7 Å². The number of carboxylic acid groups (broad SMARTS) is 1. The Hall–Kier alpha value is -2.93. The molecule has 0 amide bonds. The second-order valence-corrected chi connectivity index (χ2v) is 6.51. The number of methoxy groups -OCH3 is 1. The standard InChI is InChI=1S/C20H15BFNO3S/c1-26-17-11-13(20(24)25)7-10-16(17)23-27-18-4-2-3-15(19(18)22)12-5-8-14(21)9-6-12/h2-11,23H,1H3,(H,24,25). The van der Waals surface area contributed by atoms with Crippen LogP contribution in [0.5, 0.6) is 5.75 Å². The third-order valence-electron chi connectivity index (χ3n) is 3.90. The van der Waals surface area contributed by atoms with Gasteiger partial charge in [0.15, 0.2) is 0 Å². The zero-order valence-electron chi connectivity index (χ0n) is 14.4. The van der Waals surface area contributed by atoms with E-state index in [-0.39, 0.29) is 11.4 Å². The van der Waals surface area contributed by atoms with Gasteiger partial charge in [0.25, 0.3) is 0 Å². The minimum Gasteiger partial charge on any atom is -0.495 e. The molecular weight excluding hydrogens is 364 g/mol. The Morgan fingerprint density at radius 2 is 1.89 bits per heavy atom. The van der Waals surface area contributed by atoms with Crippen molar-refractivity contribution in [2.75, 3.05) is 11.8 Å². The van der Waals surface area contributed by atoms with E-state index in [2.05, 4.69) is 4.72 Å². The van der Waals surface area contributed by atoms with Crippen LogP contribution in [0.4, 0.5) is 10.1 Å². The Morgan fingerprint density at radius 1 is 1.15 bits per heavy atom. The van der Waals surface area contributed by atoms with Crippen LogP contribution in [-0.2, 0) is 0 Å². The summed E-state index contributed by atoms with van der Waals surface area (Å²) < 4.78 is 23.1. The molecule has 2 N–H and O–H groups in total. The number of benzene rings is 3. The molecule has 0 saturated heterocycles. The van der Waals surface area contributed by atoms with Crippen molar-refractivity contribution in [2.24, 2.45) is 0 Å². The molecule has 0 atom stereocenters. The number of anilines is 1. The van der Waals surface area contributed by atoms with Gasteiger partial charge in [-0.25, -0.2) is 9.18 Å². The summed E-state index contributed by atoms with van der Waals surface area (Å²) in [6, 6.07) is 16.6. The van der Waals surface area contributed by atoms with Crippen molar-refractivity contribution in [1.29, 1.82) is 0 Å². The van der Waals surface area contributed by atoms with Crippen LogP contribution in [0, 0.1) is 5.82 Å². The van der Waals surface area contributed by atoms with Gasteiger partial charge in [0.1, 0.15) is 19.4 Å². The molecule has 134 valence electrons. The second-order valence-electron chi connectivity index (χ2n) is 5.66. The lowest BCUT2D eigenvalue weighted by atomic mass is 9.93. The maximum absolute atomic E-state index is 14.9. The monoisotopic (exact) mass is 379 g/mol. The molecule has 0 aliphatic rings. The van der Waals surface area contributed by atoms with Gasteiger partial charge in [0.2, 0.25) is 0 Å². The molecule has 0 bridgehead atoms. The van der Waals surface area contributed by atoms with Crippen LogP contribution in [0.2, 0.25) is 0 Å². The lowest BCUT2D eigenvalue weighted by Gasteiger charge is -2.13. The topological polar surface area (TPSA) is 58.6 Å². The highest BCUT2D eigenvalue weighted by Crippen LogP contribution is 2.34. The van der Waals surface area contributed by atoms with Gasteiger partial charge in [-0.05, 0) is 41.8 Å². The maximum atomic E-state index is 14.9. The van der Waals surface area contributed by atoms with Crippen molar-refractivity contribution in [2.45, 2.75) is 4.90 Å². The molecule has 0 unspecified atom stereocenters. The van der Waals surface area contributed by atoms with Crippen LogP contribution in [0.3, 0.4) is 0 Å². The van der Waals surface area contributed by atoms with Gasteiger partial charge < -0.3 is 14.6 Å². The number of hydrogen-bond acceptors (Lipinski definition) is 4. The van der Waals surface area contributed by atoms with Crippen molar-refractivity contribution in [3.8, 4) is 16.9 Å². The van der Waals surface area contributed by atoms with Crippen LogP contribution in [-0.4, -0.2) is 26.0 Å². The van der Waals surface area contributed by atoms with E-state index in [9.17, 15) is 9.18 Å². The van der Waals surface area contributed by atoms with Crippen molar-refractivity contribution < 1.29 is 19.0 Å². The van der Waals surface area contributed by atoms with Gasteiger partial charge in [-0.1, -0.05) is 41.9 Å². The number of ether oxygens (including phenoxy) is 1. The van der Waals surface area contributed by atoms with Crippen molar-refractivity contribution in [3.05, 3.63) is 72.0 Å². The third kappa shape index (κ3) is 4.26. The third-order valence-corrected chi connectivity index (χ3v) is 4.76. The van der Waals surface area contributed by atoms with Crippen molar-refractivity contribution in [1.82, 2.24) is 0 Å². The highest BCUT2D eigenvalue weighted by molar-refractivity contribution is 8.00. The van der Waals surface area contributed by atoms with Crippen LogP contribution >= 0.6 is 11.9 Å². The highest BCUT2D eigenvalue weighted by atomic mass is 32.2. The molecule has 4 nitrogen and oxygen atoms in total. The van der Waals surface area contributed by atoms with Crippen LogP contribution in [0.25, 0.3) is 11.1 Å². The molecule has 0 aliphatic heterocycles. The number of halogens is 1. The number of hydrogen-bond donors (Lipinski definition) is 2. The predicted molar refractivity (Wildman–Crippen MR) is 107 cm³/mol. The molecule has 3 aromatic carbocycles. The fourth-order valence-electron chi connectivity index (χ4n) is 2.49. The first-order valence-electron chi connectivity index (χ1n) is 7.98. The first kappa shape index (κ1) is 18.9. The summed E-state index contributed by atoms with van der Waals surface area (Å²) in [5.41, 5.74) is 2.47. The van der Waals surface area contributed by atoms with E-state index in [0.717, 1.165) is 17.5 Å². The van der Waals surface area contributed by atoms with E-state index in [1.807, 2.05) is 0 Å². The van der Waals surface area contributed by atoms with Gasteiger partial charge in [0, 0.05) is 5.56 Å². The van der Waals surface area contributed by atoms with E-state index in [1.165, 1.54) is 19.2 Å². The van der Waals surface area contributed by atoms with E-state index in [1.54, 1.807) is 48.5 Å². The highest BCUT2D eigenvalue weighted by Gasteiger charge is 2.13. The van der Waals surface area contributed by atoms with Gasteiger partial charge in [-0.3, -0.25) is 0 Å². The average molecular weight is 379 g/mol. The summed E-state index contributed by atoms with van der Waals surface area (Å²) in [7, 11) is 7.13. The van der Waals surface area contributed by atoms with Crippen LogP contribution < -0.4 is 14.9 Å². The fourth-order valence-corrected chi connectivity index (χ4v) is 3.23. The lowest BCUT2D eigenvalue weighted by Crippen LogP contribution is -2.00. The number of aromatic carboxylic acids is 1. The molecule has 3 rings (SSSR count). The SMILES string of the molecule is [B]c1ccc(-c2cccc(SNc3ccc(C(=O)O)cc3OC)c2F)cc1. The lowest BCUT2D eigenvalue weighted by molar-refractivity contribution is 0.0696. The molecule has 0 saturated carbocycles. The minimum atomic E-state index is -1.05. The van der Waals surface area contributed by atoms with Crippen LogP contribution in [0.15, 0.2) is 65.6 Å². The zero-order valence-corrected chi connectivity index (χ0v) is 15.2. The number of nitrogens with one attached hydrogen (secondary N) is 1. The molecule has 3 aromatic rings. The van der Waals surface area contributed by atoms with Gasteiger partial charge in [-0.15, -0.1) is 0 Å². The Morgan fingerprint density at radius 3 is 2.56 bits per heavy atom. The normalized spacial score (nSPS) is 10.4. The van der Waals surface area contributed by atoms with Gasteiger partial charge >= 0.3 is 5.97 Å². The molecule has 0 heterocycles. The quantitative estimate of drug-likeness (QED) is 0.499. The molecule has 27 heavy (non-hydrogen) atoms. The smallest absolute Gasteiger partial charge is 0.335 e. The Labute approximate surface area is 161 Å². The minimum absolute atomic E-state index is 0.110. The molecule has 0 spiro atoms. The summed E-state index contributed by atoms with van der Waals surface area (Å²) in [5, 5.41) is 9.06. The average Bonchev–Trinajstić information content (AvgIpc) is 2.68. The maximum Gasteiger partial charge on any atom is 0.335 e. The molecule has 0 aromatic heterocycles. The molecule has 2 radical (unpaired) electrons. The first-order valence-corrected chi connectivity index (χ1v) is 8.80. The number of rotatable bonds is 6. The number of carboxylic acids is 1. The molecule has 7 heteroatoms. The van der Waals surface area contributed by atoms with Crippen molar-refractivity contribution >= 4 is 36.9 Å². The Kier molecular flexibility index (Phi) is 5.71. The summed E-state index contributed by atoms with van der Waals surface area (Å²) in [6.45, 7) is 0. The van der Waals surface area contributed by atoms with E-state index >= 15 is 0 Å². The second kappa shape index (κ2) is 8.18. The predicted octanol–water partition coefficient (Wildman–Crippen LogP) is 4.11. The molecule has 0 aliphatic carbocycles. The van der Waals surface area contributed by atoms with E-state index in [0.29, 0.717) is 27.4 Å². The number of carbonyl (C=O) groups is 1. The Bertz CT molecular complexity index is 979. The summed E-state index contributed by atoms with van der Waals surface area (Å²) in [5.74, 6) is -1.05. The van der Waals surface area contributed by atoms with Crippen molar-refractivity contribution in [3.63, 3.8) is 0 Å². The molecular formula is C20H15BFNO3S. The fraction of sp³-hybridized carbons (Fsp3) is 0.0500.